The van der Waals surface area contributed by atoms with Crippen molar-refractivity contribution in [1.29, 1.82) is 0 Å². The topological polar surface area (TPSA) is 105 Å². The molecule has 0 aliphatic heterocycles. The lowest BCUT2D eigenvalue weighted by atomic mass is 10.1. The molecule has 1 unspecified atom stereocenters. The van der Waals surface area contributed by atoms with Crippen LogP contribution in [-0.2, 0) is 26.2 Å². The summed E-state index contributed by atoms with van der Waals surface area (Å²) in [6.45, 7) is 3.64. The Morgan fingerprint density at radius 2 is 1.79 bits per heavy atom. The van der Waals surface area contributed by atoms with E-state index in [0.29, 0.717) is 24.5 Å². The Kier molecular flexibility index (Phi) is 10.4. The van der Waals surface area contributed by atoms with Crippen LogP contribution >= 0.6 is 0 Å². The highest BCUT2D eigenvalue weighted by Gasteiger charge is 2.33. The lowest BCUT2D eigenvalue weighted by Crippen LogP contribution is -2.53. The van der Waals surface area contributed by atoms with Crippen molar-refractivity contribution in [2.45, 2.75) is 64.6 Å². The number of anilines is 1. The molecule has 0 radical (unpaired) electrons. The van der Waals surface area contributed by atoms with Crippen LogP contribution in [0.25, 0.3) is 0 Å². The number of carbonyl (C=O) groups excluding carboxylic acids is 2. The van der Waals surface area contributed by atoms with E-state index < -0.39 is 28.5 Å². The molecular weight excluding hydrogens is 506 g/mol. The fraction of sp³-hybridized carbons (Fsp3) is 0.500. The smallest absolute Gasteiger partial charge is 0.244 e. The average molecular weight is 546 g/mol. The summed E-state index contributed by atoms with van der Waals surface area (Å²) in [5.41, 5.74) is 1.04. The molecule has 2 aromatic carbocycles. The fourth-order valence-corrected chi connectivity index (χ4v) is 5.64. The van der Waals surface area contributed by atoms with E-state index in [9.17, 15) is 18.0 Å². The third-order valence-electron chi connectivity index (χ3n) is 6.69. The maximum atomic E-state index is 13.9. The summed E-state index contributed by atoms with van der Waals surface area (Å²) in [5, 5.41) is 3.11. The van der Waals surface area contributed by atoms with Crippen LogP contribution in [0.2, 0.25) is 0 Å². The SMILES string of the molecule is CCOc1ccccc1N(CC(=O)N(Cc1cccc(OC)c1)C(CC)C(=O)NC1CCCC1)S(C)(=O)=O. The number of benzene rings is 2. The zero-order chi connectivity index (χ0) is 27.7. The Balaban J connectivity index is 1.96. The second kappa shape index (κ2) is 13.5. The molecule has 0 spiro atoms. The molecule has 3 rings (SSSR count). The van der Waals surface area contributed by atoms with Crippen LogP contribution in [0.3, 0.4) is 0 Å². The molecule has 10 heteroatoms. The number of sulfonamides is 1. The molecule has 1 aliphatic carbocycles. The average Bonchev–Trinajstić information content (AvgIpc) is 3.40. The Bertz CT molecular complexity index is 1200. The fourth-order valence-electron chi connectivity index (χ4n) is 4.79. The largest absolute Gasteiger partial charge is 0.497 e. The molecular formula is C28H39N3O6S. The van der Waals surface area contributed by atoms with E-state index >= 15 is 0 Å². The molecule has 2 amide bonds. The van der Waals surface area contributed by atoms with Crippen LogP contribution in [0.4, 0.5) is 5.69 Å². The minimum Gasteiger partial charge on any atom is -0.497 e. The summed E-state index contributed by atoms with van der Waals surface area (Å²) in [6, 6.07) is 13.3. The Morgan fingerprint density at radius 3 is 2.42 bits per heavy atom. The van der Waals surface area contributed by atoms with Crippen LogP contribution in [0, 0.1) is 0 Å². The number of hydrogen-bond acceptors (Lipinski definition) is 6. The number of amides is 2. The van der Waals surface area contributed by atoms with Gasteiger partial charge in [-0.2, -0.15) is 0 Å². The van der Waals surface area contributed by atoms with Crippen LogP contribution in [0.1, 0.15) is 51.5 Å². The second-order valence-corrected chi connectivity index (χ2v) is 11.4. The minimum atomic E-state index is -3.86. The molecule has 1 atom stereocenters. The number of hydrogen-bond donors (Lipinski definition) is 1. The molecule has 38 heavy (non-hydrogen) atoms. The van der Waals surface area contributed by atoms with Gasteiger partial charge < -0.3 is 19.7 Å². The van der Waals surface area contributed by atoms with E-state index in [1.54, 1.807) is 50.4 Å². The molecule has 0 saturated heterocycles. The summed E-state index contributed by atoms with van der Waals surface area (Å²) < 4.78 is 37.8. The van der Waals surface area contributed by atoms with Crippen molar-refractivity contribution in [2.24, 2.45) is 0 Å². The molecule has 2 aromatic rings. The molecule has 0 bridgehead atoms. The Hall–Kier alpha value is -3.27. The van der Waals surface area contributed by atoms with Gasteiger partial charge in [0.25, 0.3) is 0 Å². The predicted octanol–water partition coefficient (Wildman–Crippen LogP) is 3.73. The Morgan fingerprint density at radius 1 is 1.08 bits per heavy atom. The van der Waals surface area contributed by atoms with E-state index in [4.69, 9.17) is 9.47 Å². The van der Waals surface area contributed by atoms with Crippen LogP contribution in [0.5, 0.6) is 11.5 Å². The van der Waals surface area contributed by atoms with Gasteiger partial charge in [0.05, 0.1) is 25.7 Å². The number of nitrogens with zero attached hydrogens (tertiary/aromatic N) is 2. The summed E-state index contributed by atoms with van der Waals surface area (Å²) in [7, 11) is -2.30. The number of nitrogens with one attached hydrogen (secondary N) is 1. The van der Waals surface area contributed by atoms with Gasteiger partial charge in [-0.3, -0.25) is 13.9 Å². The lowest BCUT2D eigenvalue weighted by Gasteiger charge is -2.33. The molecule has 9 nitrogen and oxygen atoms in total. The Labute approximate surface area is 226 Å². The normalized spacial score (nSPS) is 14.5. The van der Waals surface area contributed by atoms with Crippen LogP contribution < -0.4 is 19.1 Å². The van der Waals surface area contributed by atoms with Crippen molar-refractivity contribution in [1.82, 2.24) is 10.2 Å². The third-order valence-corrected chi connectivity index (χ3v) is 7.81. The van der Waals surface area contributed by atoms with Gasteiger partial charge in [-0.05, 0) is 56.0 Å². The van der Waals surface area contributed by atoms with Crippen molar-refractivity contribution in [3.63, 3.8) is 0 Å². The van der Waals surface area contributed by atoms with Crippen molar-refractivity contribution < 1.29 is 27.5 Å². The highest BCUT2D eigenvalue weighted by Crippen LogP contribution is 2.30. The summed E-state index contributed by atoms with van der Waals surface area (Å²) in [4.78, 5) is 28.8. The van der Waals surface area contributed by atoms with Gasteiger partial charge in [-0.1, -0.05) is 44.0 Å². The highest BCUT2D eigenvalue weighted by atomic mass is 32.2. The molecule has 1 aliphatic rings. The first-order valence-corrected chi connectivity index (χ1v) is 14.9. The second-order valence-electron chi connectivity index (χ2n) is 9.46. The number of para-hydroxylation sites is 2. The van der Waals surface area contributed by atoms with E-state index in [0.717, 1.165) is 41.8 Å². The predicted molar refractivity (Wildman–Crippen MR) is 148 cm³/mol. The summed E-state index contributed by atoms with van der Waals surface area (Å²) in [6.07, 6.45) is 5.40. The van der Waals surface area contributed by atoms with Crippen LogP contribution in [-0.4, -0.2) is 63.7 Å². The zero-order valence-electron chi connectivity index (χ0n) is 22.7. The number of methoxy groups -OCH3 is 1. The number of rotatable bonds is 13. The third kappa shape index (κ3) is 7.63. The van der Waals surface area contributed by atoms with Gasteiger partial charge in [0.15, 0.2) is 0 Å². The summed E-state index contributed by atoms with van der Waals surface area (Å²) >= 11 is 0. The van der Waals surface area contributed by atoms with Gasteiger partial charge in [-0.15, -0.1) is 0 Å². The molecule has 1 fully saturated rings. The molecule has 0 heterocycles. The van der Waals surface area contributed by atoms with Crippen LogP contribution in [0.15, 0.2) is 48.5 Å². The summed E-state index contributed by atoms with van der Waals surface area (Å²) in [5.74, 6) is 0.273. The maximum Gasteiger partial charge on any atom is 0.244 e. The first-order valence-electron chi connectivity index (χ1n) is 13.1. The van der Waals surface area contributed by atoms with Gasteiger partial charge >= 0.3 is 0 Å². The van der Waals surface area contributed by atoms with Crippen molar-refractivity contribution in [3.05, 3.63) is 54.1 Å². The maximum absolute atomic E-state index is 13.9. The molecule has 208 valence electrons. The van der Waals surface area contributed by atoms with Gasteiger partial charge in [-0.25, -0.2) is 8.42 Å². The van der Waals surface area contributed by atoms with Crippen molar-refractivity contribution in [3.8, 4) is 11.5 Å². The zero-order valence-corrected chi connectivity index (χ0v) is 23.5. The molecule has 1 N–H and O–H groups in total. The van der Waals surface area contributed by atoms with E-state index in [1.165, 1.54) is 4.90 Å². The number of carbonyl (C=O) groups is 2. The number of ether oxygens (including phenoxy) is 2. The monoisotopic (exact) mass is 545 g/mol. The first-order chi connectivity index (χ1) is 18.2. The van der Waals surface area contributed by atoms with E-state index in [1.807, 2.05) is 19.1 Å². The van der Waals surface area contributed by atoms with E-state index in [2.05, 4.69) is 5.32 Å². The van der Waals surface area contributed by atoms with Crippen molar-refractivity contribution in [2.75, 3.05) is 30.8 Å². The van der Waals surface area contributed by atoms with Gasteiger partial charge in [0, 0.05) is 12.6 Å². The standard InChI is InChI=1S/C28H39N3O6S/c1-5-24(28(33)29-22-13-7-8-14-22)30(19-21-12-11-15-23(18-21)36-3)27(32)20-31(38(4,34)35)25-16-9-10-17-26(25)37-6-2/h9-12,15-18,22,24H,5-8,13-14,19-20H2,1-4H3,(H,29,33). The van der Waals surface area contributed by atoms with Gasteiger partial charge in [0.1, 0.15) is 24.1 Å². The van der Waals surface area contributed by atoms with Crippen molar-refractivity contribution >= 4 is 27.5 Å². The quantitative estimate of drug-likeness (QED) is 0.411. The first kappa shape index (κ1) is 29.3. The minimum absolute atomic E-state index is 0.0934. The highest BCUT2D eigenvalue weighted by molar-refractivity contribution is 7.92. The lowest BCUT2D eigenvalue weighted by molar-refractivity contribution is -0.140. The van der Waals surface area contributed by atoms with Gasteiger partial charge in [0.2, 0.25) is 21.8 Å². The molecule has 1 saturated carbocycles. The molecule has 0 aromatic heterocycles. The van der Waals surface area contributed by atoms with E-state index in [-0.39, 0.29) is 24.2 Å².